The summed E-state index contributed by atoms with van der Waals surface area (Å²) in [4.78, 5) is 13.3. The summed E-state index contributed by atoms with van der Waals surface area (Å²) in [5.41, 5.74) is 1.65. The van der Waals surface area contributed by atoms with E-state index in [9.17, 15) is 4.79 Å². The number of anilines is 1. The fourth-order valence-corrected chi connectivity index (χ4v) is 3.58. The summed E-state index contributed by atoms with van der Waals surface area (Å²) < 4.78 is 0. The lowest BCUT2D eigenvalue weighted by Gasteiger charge is -2.52. The highest BCUT2D eigenvalue weighted by atomic mass is 35.5. The summed E-state index contributed by atoms with van der Waals surface area (Å²) in [7, 11) is 0. The van der Waals surface area contributed by atoms with Gasteiger partial charge in [0.15, 0.2) is 0 Å². The molecule has 0 spiro atoms. The highest BCUT2D eigenvalue weighted by Gasteiger charge is 2.41. The van der Waals surface area contributed by atoms with Gasteiger partial charge in [-0.3, -0.25) is 0 Å². The van der Waals surface area contributed by atoms with Crippen molar-refractivity contribution in [3.05, 3.63) is 28.8 Å². The van der Waals surface area contributed by atoms with E-state index in [1.165, 1.54) is 25.7 Å². The maximum atomic E-state index is 11.0. The molecule has 0 amide bonds. The van der Waals surface area contributed by atoms with Crippen molar-refractivity contribution in [3.63, 3.8) is 0 Å². The smallest absolute Gasteiger partial charge is 0.337 e. The van der Waals surface area contributed by atoms with Crippen LogP contribution < -0.4 is 4.90 Å². The van der Waals surface area contributed by atoms with Gasteiger partial charge in [-0.05, 0) is 31.0 Å². The van der Waals surface area contributed by atoms with Crippen molar-refractivity contribution >= 4 is 23.3 Å². The summed E-state index contributed by atoms with van der Waals surface area (Å²) >= 11 is 6.04. The number of carboxylic acid groups (broad SMARTS) is 1. The van der Waals surface area contributed by atoms with E-state index in [1.807, 2.05) is 6.07 Å². The molecule has 4 heteroatoms. The lowest BCUT2D eigenvalue weighted by Crippen LogP contribution is -2.56. The number of nitrogens with zero attached hydrogens (tertiary/aromatic N) is 1. The molecule has 1 aromatic rings. The van der Waals surface area contributed by atoms with Crippen molar-refractivity contribution in [1.82, 2.24) is 0 Å². The van der Waals surface area contributed by atoms with Crippen LogP contribution >= 0.6 is 11.6 Å². The van der Waals surface area contributed by atoms with Gasteiger partial charge in [0.25, 0.3) is 0 Å². The Hall–Kier alpha value is -1.22. The Labute approximate surface area is 125 Å². The van der Waals surface area contributed by atoms with Gasteiger partial charge in [-0.1, -0.05) is 38.3 Å². The Bertz CT molecular complexity index is 487. The Morgan fingerprint density at radius 3 is 2.35 bits per heavy atom. The van der Waals surface area contributed by atoms with Gasteiger partial charge in [0.2, 0.25) is 0 Å². The zero-order valence-electron chi connectivity index (χ0n) is 12.2. The molecule has 0 atom stereocenters. The third-order valence-electron chi connectivity index (χ3n) is 4.16. The van der Waals surface area contributed by atoms with Gasteiger partial charge in [0, 0.05) is 24.2 Å². The predicted octanol–water partition coefficient (Wildman–Crippen LogP) is 4.44. The average Bonchev–Trinajstić information content (AvgIpc) is 2.35. The maximum absolute atomic E-state index is 11.0. The van der Waals surface area contributed by atoms with Crippen LogP contribution in [0.1, 0.15) is 49.9 Å². The van der Waals surface area contributed by atoms with Gasteiger partial charge in [-0.2, -0.15) is 0 Å². The van der Waals surface area contributed by atoms with Crippen molar-refractivity contribution in [2.24, 2.45) is 5.41 Å². The van der Waals surface area contributed by atoms with Crippen LogP contribution in [-0.2, 0) is 0 Å². The Kier molecular flexibility index (Phi) is 4.59. The fraction of sp³-hybridized carbons (Fsp3) is 0.562. The first-order valence-corrected chi connectivity index (χ1v) is 7.67. The molecule has 1 saturated heterocycles. The Balaban J connectivity index is 2.08. The summed E-state index contributed by atoms with van der Waals surface area (Å²) in [6, 6.07) is 5.23. The van der Waals surface area contributed by atoms with Crippen molar-refractivity contribution in [3.8, 4) is 0 Å². The van der Waals surface area contributed by atoms with Crippen molar-refractivity contribution < 1.29 is 9.90 Å². The molecule has 20 heavy (non-hydrogen) atoms. The summed E-state index contributed by atoms with van der Waals surface area (Å²) in [5.74, 6) is -0.975. The summed E-state index contributed by atoms with van der Waals surface area (Å²) in [6.07, 6.45) is 4.95. The fourth-order valence-electron chi connectivity index (χ4n) is 3.32. The maximum Gasteiger partial charge on any atom is 0.337 e. The van der Waals surface area contributed by atoms with Gasteiger partial charge < -0.3 is 10.0 Å². The van der Waals surface area contributed by atoms with Gasteiger partial charge in [-0.15, -0.1) is 0 Å². The van der Waals surface area contributed by atoms with E-state index in [0.717, 1.165) is 18.8 Å². The molecular weight excluding hydrogens is 274 g/mol. The van der Waals surface area contributed by atoms with E-state index >= 15 is 0 Å². The third-order valence-corrected chi connectivity index (χ3v) is 4.47. The zero-order valence-corrected chi connectivity index (χ0v) is 12.9. The van der Waals surface area contributed by atoms with E-state index < -0.39 is 5.97 Å². The molecule has 1 heterocycles. The van der Waals surface area contributed by atoms with Crippen molar-refractivity contribution in [1.29, 1.82) is 0 Å². The molecule has 0 saturated carbocycles. The van der Waals surface area contributed by atoms with Crippen LogP contribution in [0.3, 0.4) is 0 Å². The SMILES string of the molecule is CCCC1(CCC)CN(c2ccc(C(=O)O)c(Cl)c2)C1. The van der Waals surface area contributed by atoms with Crippen LogP contribution in [0.25, 0.3) is 0 Å². The number of hydrogen-bond acceptors (Lipinski definition) is 2. The normalized spacial score (nSPS) is 16.9. The lowest BCUT2D eigenvalue weighted by atomic mass is 9.72. The number of hydrogen-bond donors (Lipinski definition) is 1. The van der Waals surface area contributed by atoms with Crippen molar-refractivity contribution in [2.45, 2.75) is 39.5 Å². The quantitative estimate of drug-likeness (QED) is 0.843. The largest absolute Gasteiger partial charge is 0.478 e. The van der Waals surface area contributed by atoms with Crippen LogP contribution in [0.4, 0.5) is 5.69 Å². The molecule has 110 valence electrons. The monoisotopic (exact) mass is 295 g/mol. The first kappa shape index (κ1) is 15.2. The Morgan fingerprint density at radius 1 is 1.30 bits per heavy atom. The molecule has 3 nitrogen and oxygen atoms in total. The molecular formula is C16H22ClNO2. The first-order chi connectivity index (χ1) is 9.51. The molecule has 0 aliphatic carbocycles. The molecule has 0 unspecified atom stereocenters. The second-order valence-corrected chi connectivity index (χ2v) is 6.23. The molecule has 1 aliphatic rings. The van der Waals surface area contributed by atoms with E-state index in [2.05, 4.69) is 18.7 Å². The van der Waals surface area contributed by atoms with Gasteiger partial charge in [0.1, 0.15) is 0 Å². The Morgan fingerprint density at radius 2 is 1.90 bits per heavy atom. The van der Waals surface area contributed by atoms with Crippen LogP contribution in [0, 0.1) is 5.41 Å². The molecule has 0 bridgehead atoms. The summed E-state index contributed by atoms with van der Waals surface area (Å²) in [6.45, 7) is 6.58. The zero-order chi connectivity index (χ0) is 14.8. The minimum atomic E-state index is -0.975. The standard InChI is InChI=1S/C16H22ClNO2/c1-3-7-16(8-4-2)10-18(11-16)12-5-6-13(15(19)20)14(17)9-12/h5-6,9H,3-4,7-8,10-11H2,1-2H3,(H,19,20). The van der Waals surface area contributed by atoms with Crippen LogP contribution in [0.15, 0.2) is 18.2 Å². The van der Waals surface area contributed by atoms with Gasteiger partial charge in [-0.25, -0.2) is 4.79 Å². The topological polar surface area (TPSA) is 40.5 Å². The number of benzene rings is 1. The lowest BCUT2D eigenvalue weighted by molar-refractivity contribution is 0.0697. The first-order valence-electron chi connectivity index (χ1n) is 7.29. The molecule has 2 rings (SSSR count). The van der Waals surface area contributed by atoms with E-state index in [-0.39, 0.29) is 5.56 Å². The molecule has 0 aromatic heterocycles. The summed E-state index contributed by atoms with van der Waals surface area (Å²) in [5, 5.41) is 9.31. The second-order valence-electron chi connectivity index (χ2n) is 5.83. The van der Waals surface area contributed by atoms with Crippen LogP contribution in [0.2, 0.25) is 5.02 Å². The molecule has 1 N–H and O–H groups in total. The predicted molar refractivity (Wildman–Crippen MR) is 82.9 cm³/mol. The van der Waals surface area contributed by atoms with Crippen LogP contribution in [0.5, 0.6) is 0 Å². The average molecular weight is 296 g/mol. The van der Waals surface area contributed by atoms with E-state index in [0.29, 0.717) is 10.4 Å². The van der Waals surface area contributed by atoms with Gasteiger partial charge in [0.05, 0.1) is 10.6 Å². The molecule has 1 aliphatic heterocycles. The molecule has 1 fully saturated rings. The van der Waals surface area contributed by atoms with Crippen molar-refractivity contribution in [2.75, 3.05) is 18.0 Å². The number of carbonyl (C=O) groups is 1. The van der Waals surface area contributed by atoms with Crippen LogP contribution in [-0.4, -0.2) is 24.2 Å². The minimum absolute atomic E-state index is 0.171. The number of halogens is 1. The van der Waals surface area contributed by atoms with Gasteiger partial charge >= 0.3 is 5.97 Å². The highest BCUT2D eigenvalue weighted by Crippen LogP contribution is 2.42. The second kappa shape index (κ2) is 6.04. The third kappa shape index (κ3) is 2.93. The van der Waals surface area contributed by atoms with E-state index in [4.69, 9.17) is 16.7 Å². The number of aromatic carboxylic acids is 1. The number of carboxylic acids is 1. The molecule has 0 radical (unpaired) electrons. The number of rotatable bonds is 6. The van der Waals surface area contributed by atoms with E-state index in [1.54, 1.807) is 12.1 Å². The molecule has 1 aromatic carbocycles. The highest BCUT2D eigenvalue weighted by molar-refractivity contribution is 6.33. The minimum Gasteiger partial charge on any atom is -0.478 e.